The Balaban J connectivity index is 2.52. The topological polar surface area (TPSA) is 0 Å². The number of hydrogen-bond acceptors (Lipinski definition) is 1. The molecule has 2 aromatic carbocycles. The molecule has 0 unspecified atom stereocenters. The Morgan fingerprint density at radius 2 is 1.54 bits per heavy atom. The Kier molecular flexibility index (Phi) is 1.38. The van der Waals surface area contributed by atoms with Crippen LogP contribution in [0, 0.1) is 0 Å². The molecule has 2 rings (SSSR count). The largest absolute Gasteiger partial charge is 0.0901 e. The van der Waals surface area contributed by atoms with Crippen molar-refractivity contribution in [3.8, 4) is 0 Å². The van der Waals surface area contributed by atoms with E-state index in [1.807, 2.05) is 30.3 Å². The van der Waals surface area contributed by atoms with E-state index in [1.165, 1.54) is 11.8 Å². The van der Waals surface area contributed by atoms with Crippen molar-refractivity contribution in [2.24, 2.45) is 0 Å². The Hall–Kier alpha value is -1.21. The molecule has 2 aromatic rings. The van der Waals surface area contributed by atoms with Crippen molar-refractivity contribution < 1.29 is 6.85 Å². The standard InChI is InChI=1S/C12H10S/c1-3-7-11(8-4-1)13-12-9-5-2-6-10-12/h1-10H/i1T,3T,4T,7T,8T. The normalized spacial score (nSPS) is 15.2. The van der Waals surface area contributed by atoms with Crippen LogP contribution in [0.4, 0.5) is 0 Å². The first-order valence-electron chi connectivity index (χ1n) is 6.32. The van der Waals surface area contributed by atoms with Crippen molar-refractivity contribution in [2.45, 2.75) is 9.79 Å². The van der Waals surface area contributed by atoms with Crippen LogP contribution in [0.2, 0.25) is 0 Å². The first-order chi connectivity index (χ1) is 8.52. The van der Waals surface area contributed by atoms with Crippen molar-refractivity contribution >= 4 is 11.8 Å². The molecule has 0 N–H and O–H groups in total. The summed E-state index contributed by atoms with van der Waals surface area (Å²) in [6, 6.07) is 7.97. The third-order valence-electron chi connectivity index (χ3n) is 1.44. The van der Waals surface area contributed by atoms with Crippen molar-refractivity contribution in [2.75, 3.05) is 0 Å². The predicted octanol–water partition coefficient (Wildman–Crippen LogP) is 3.84. The van der Waals surface area contributed by atoms with Crippen LogP contribution in [-0.4, -0.2) is 0 Å². The van der Waals surface area contributed by atoms with Gasteiger partial charge < -0.3 is 0 Å². The molecule has 0 spiro atoms. The van der Waals surface area contributed by atoms with Gasteiger partial charge in [-0.2, -0.15) is 0 Å². The Morgan fingerprint density at radius 1 is 0.846 bits per heavy atom. The lowest BCUT2D eigenvalue weighted by Gasteiger charge is -1.99. The molecule has 0 aliphatic heterocycles. The first kappa shape index (κ1) is 4.34. The lowest BCUT2D eigenvalue weighted by molar-refractivity contribution is 1.41. The van der Waals surface area contributed by atoms with Crippen molar-refractivity contribution in [1.29, 1.82) is 0 Å². The summed E-state index contributed by atoms with van der Waals surface area (Å²) in [5.41, 5.74) is 0. The molecule has 0 bridgehead atoms. The molecule has 0 fully saturated rings. The highest BCUT2D eigenvalue weighted by Gasteiger charge is 1.93. The second-order valence-corrected chi connectivity index (χ2v) is 3.45. The summed E-state index contributed by atoms with van der Waals surface area (Å²) in [5, 5.41) is 0. The lowest BCUT2D eigenvalue weighted by atomic mass is 10.4. The number of benzene rings is 2. The molecule has 1 heteroatoms. The van der Waals surface area contributed by atoms with Gasteiger partial charge in [0.25, 0.3) is 0 Å². The van der Waals surface area contributed by atoms with Gasteiger partial charge in [-0.1, -0.05) is 48.1 Å². The summed E-state index contributed by atoms with van der Waals surface area (Å²) < 4.78 is 38.3. The van der Waals surface area contributed by atoms with E-state index < -0.39 is 0 Å². The second kappa shape index (κ2) is 4.15. The molecule has 0 aliphatic rings. The van der Waals surface area contributed by atoms with Crippen molar-refractivity contribution in [1.82, 2.24) is 0 Å². The maximum atomic E-state index is 7.79. The van der Waals surface area contributed by atoms with Crippen molar-refractivity contribution in [3.05, 3.63) is 60.5 Å². The number of hydrogen-bond donors (Lipinski definition) is 0. The molecular formula is C12H10S. The first-order valence-corrected chi connectivity index (χ1v) is 4.64. The molecule has 0 amide bonds. The Morgan fingerprint density at radius 3 is 2.23 bits per heavy atom. The van der Waals surface area contributed by atoms with E-state index in [-0.39, 0.29) is 35.1 Å². The van der Waals surface area contributed by atoms with Crippen molar-refractivity contribution in [3.63, 3.8) is 0 Å². The van der Waals surface area contributed by atoms with Crippen LogP contribution in [0.25, 0.3) is 0 Å². The van der Waals surface area contributed by atoms with Gasteiger partial charge >= 0.3 is 0 Å². The van der Waals surface area contributed by atoms with E-state index in [4.69, 9.17) is 6.85 Å². The summed E-state index contributed by atoms with van der Waals surface area (Å²) in [7, 11) is 0. The molecule has 0 saturated heterocycles. The molecule has 0 aromatic heterocycles. The van der Waals surface area contributed by atoms with Gasteiger partial charge in [0.15, 0.2) is 0 Å². The molecular weight excluding hydrogens is 176 g/mol. The van der Waals surface area contributed by atoms with E-state index in [2.05, 4.69) is 0 Å². The summed E-state index contributed by atoms with van der Waals surface area (Å²) in [6.45, 7) is 0. The molecule has 0 nitrogen and oxygen atoms in total. The SMILES string of the molecule is [3H]c1c([3H])c([3H])c(Sc2ccccc2)c([3H])c1[3H]. The van der Waals surface area contributed by atoms with Gasteiger partial charge in [-0.25, -0.2) is 0 Å². The highest BCUT2D eigenvalue weighted by Crippen LogP contribution is 2.26. The molecule has 13 heavy (non-hydrogen) atoms. The third-order valence-corrected chi connectivity index (χ3v) is 2.36. The smallest absolute Gasteiger partial charge is 0.0635 e. The van der Waals surface area contributed by atoms with Crippen LogP contribution in [-0.2, 0) is 0 Å². The minimum absolute atomic E-state index is 0.158. The summed E-state index contributed by atoms with van der Waals surface area (Å²) in [4.78, 5) is 1.10. The van der Waals surface area contributed by atoms with Crippen LogP contribution in [0.3, 0.4) is 0 Å². The van der Waals surface area contributed by atoms with E-state index >= 15 is 0 Å². The van der Waals surface area contributed by atoms with E-state index in [1.54, 1.807) is 0 Å². The van der Waals surface area contributed by atoms with E-state index in [0.717, 1.165) is 4.90 Å². The van der Waals surface area contributed by atoms with Crippen LogP contribution in [0.1, 0.15) is 6.85 Å². The summed E-state index contributed by atoms with van der Waals surface area (Å²) in [5.74, 6) is 0. The summed E-state index contributed by atoms with van der Waals surface area (Å²) >= 11 is 1.18. The zero-order valence-electron chi connectivity index (χ0n) is 11.8. The average molecular weight is 196 g/mol. The molecule has 0 radical (unpaired) electrons. The van der Waals surface area contributed by atoms with Gasteiger partial charge in [-0.05, 0) is 24.2 Å². The van der Waals surface area contributed by atoms with Gasteiger partial charge in [0.2, 0.25) is 0 Å². The van der Waals surface area contributed by atoms with Crippen LogP contribution >= 0.6 is 11.8 Å². The quantitative estimate of drug-likeness (QED) is 0.703. The van der Waals surface area contributed by atoms with Crippen LogP contribution < -0.4 is 0 Å². The van der Waals surface area contributed by atoms with Gasteiger partial charge in [0.1, 0.15) is 0 Å². The lowest BCUT2D eigenvalue weighted by Crippen LogP contribution is -1.70. The number of rotatable bonds is 2. The maximum Gasteiger partial charge on any atom is 0.0635 e. The zero-order chi connectivity index (χ0) is 13.3. The monoisotopic (exact) mass is 196 g/mol. The van der Waals surface area contributed by atoms with Gasteiger partial charge in [0, 0.05) is 9.79 Å². The van der Waals surface area contributed by atoms with Gasteiger partial charge in [-0.3, -0.25) is 0 Å². The van der Waals surface area contributed by atoms with Crippen LogP contribution in [0.5, 0.6) is 0 Å². The molecule has 0 heterocycles. The molecule has 0 atom stereocenters. The predicted molar refractivity (Wildman–Crippen MR) is 57.0 cm³/mol. The summed E-state index contributed by atoms with van der Waals surface area (Å²) in [6.07, 6.45) is 0. The van der Waals surface area contributed by atoms with E-state index in [9.17, 15) is 0 Å². The Bertz CT molecular complexity index is 554. The highest BCUT2D eigenvalue weighted by atomic mass is 32.2. The van der Waals surface area contributed by atoms with Crippen LogP contribution in [0.15, 0.2) is 70.3 Å². The maximum absolute atomic E-state index is 7.79. The fourth-order valence-corrected chi connectivity index (χ4v) is 1.63. The van der Waals surface area contributed by atoms with E-state index in [0.29, 0.717) is 0 Å². The highest BCUT2D eigenvalue weighted by molar-refractivity contribution is 7.99. The molecule has 64 valence electrons. The fraction of sp³-hybridized carbons (Fsp3) is 0. The molecule has 0 aliphatic carbocycles. The van der Waals surface area contributed by atoms with Gasteiger partial charge in [0.05, 0.1) is 6.85 Å². The minimum atomic E-state index is -0.359. The Labute approximate surface area is 89.6 Å². The zero-order valence-corrected chi connectivity index (χ0v) is 7.61. The molecule has 0 saturated carbocycles. The third kappa shape index (κ3) is 2.36. The fourth-order valence-electron chi connectivity index (χ4n) is 0.896. The average Bonchev–Trinajstić information content (AvgIpc) is 2.40. The second-order valence-electron chi connectivity index (χ2n) is 2.37. The van der Waals surface area contributed by atoms with Gasteiger partial charge in [-0.15, -0.1) is 0 Å². The minimum Gasteiger partial charge on any atom is -0.0901 e.